The minimum atomic E-state index is -0.0548. The Morgan fingerprint density at radius 3 is 3.18 bits per heavy atom. The van der Waals surface area contributed by atoms with E-state index in [2.05, 4.69) is 26.2 Å². The molecule has 1 fully saturated rings. The molecular weight excluding hydrogens is 284 g/mol. The lowest BCUT2D eigenvalue weighted by Crippen LogP contribution is -2.29. The monoisotopic (exact) mass is 298 g/mol. The first-order chi connectivity index (χ1) is 8.20. The van der Waals surface area contributed by atoms with Crippen LogP contribution >= 0.6 is 15.9 Å². The van der Waals surface area contributed by atoms with Gasteiger partial charge in [-0.2, -0.15) is 0 Å². The van der Waals surface area contributed by atoms with Gasteiger partial charge in [0.1, 0.15) is 10.4 Å². The third-order valence-electron chi connectivity index (χ3n) is 2.92. The van der Waals surface area contributed by atoms with E-state index in [9.17, 15) is 4.79 Å². The second-order valence-corrected chi connectivity index (χ2v) is 4.86. The average molecular weight is 299 g/mol. The van der Waals surface area contributed by atoms with Crippen LogP contribution in [0.1, 0.15) is 19.8 Å². The summed E-state index contributed by atoms with van der Waals surface area (Å²) in [6.07, 6.45) is 1.70. The zero-order chi connectivity index (χ0) is 12.3. The summed E-state index contributed by atoms with van der Waals surface area (Å²) in [4.78, 5) is 16.2. The Labute approximate surface area is 109 Å². The zero-order valence-electron chi connectivity index (χ0n) is 9.65. The summed E-state index contributed by atoms with van der Waals surface area (Å²) in [5.41, 5.74) is 0. The largest absolute Gasteiger partial charge is 0.377 e. The van der Waals surface area contributed by atoms with Gasteiger partial charge in [-0.15, -0.1) is 0 Å². The van der Waals surface area contributed by atoms with Crippen molar-refractivity contribution >= 4 is 27.7 Å². The third-order valence-corrected chi connectivity index (χ3v) is 3.36. The fourth-order valence-electron chi connectivity index (χ4n) is 2.05. The van der Waals surface area contributed by atoms with Crippen LogP contribution < -0.4 is 5.32 Å². The number of halogens is 1. The summed E-state index contributed by atoms with van der Waals surface area (Å²) >= 11 is 3.27. The molecule has 0 bridgehead atoms. The molecule has 2 heterocycles. The molecule has 4 nitrogen and oxygen atoms in total. The molecule has 2 unspecified atom stereocenters. The lowest BCUT2D eigenvalue weighted by molar-refractivity contribution is -0.121. The molecule has 0 aromatic carbocycles. The smallest absolute Gasteiger partial charge is 0.231 e. The number of nitrogens with one attached hydrogen (secondary N) is 1. The Balaban J connectivity index is 2.01. The maximum Gasteiger partial charge on any atom is 0.231 e. The number of aromatic nitrogens is 1. The standard InChI is InChI=1S/C12H15BrN2O2/c1-2-9-8(6-7-17-9)12(16)15-11-5-3-4-10(13)14-11/h3-5,8-9H,2,6-7H2,1H3,(H,14,15,16). The number of nitrogens with zero attached hydrogens (tertiary/aromatic N) is 1. The molecule has 5 heteroatoms. The normalized spacial score (nSPS) is 23.6. The van der Waals surface area contributed by atoms with E-state index in [4.69, 9.17) is 4.74 Å². The van der Waals surface area contributed by atoms with Gasteiger partial charge in [0.05, 0.1) is 12.0 Å². The minimum Gasteiger partial charge on any atom is -0.377 e. The SMILES string of the molecule is CCC1OCCC1C(=O)Nc1cccc(Br)n1. The van der Waals surface area contributed by atoms with Crippen molar-refractivity contribution in [2.24, 2.45) is 5.92 Å². The van der Waals surface area contributed by atoms with Crippen LogP contribution in [0.2, 0.25) is 0 Å². The number of carbonyl (C=O) groups is 1. The highest BCUT2D eigenvalue weighted by Gasteiger charge is 2.32. The van der Waals surface area contributed by atoms with E-state index >= 15 is 0 Å². The number of hydrogen-bond donors (Lipinski definition) is 1. The number of carbonyl (C=O) groups excluding carboxylic acids is 1. The molecule has 1 N–H and O–H groups in total. The van der Waals surface area contributed by atoms with Crippen molar-refractivity contribution in [3.63, 3.8) is 0 Å². The van der Waals surface area contributed by atoms with E-state index in [1.807, 2.05) is 19.1 Å². The number of ether oxygens (including phenoxy) is 1. The maximum atomic E-state index is 12.0. The molecule has 1 aliphatic heterocycles. The molecule has 1 aromatic heterocycles. The van der Waals surface area contributed by atoms with Gasteiger partial charge in [-0.1, -0.05) is 13.0 Å². The summed E-state index contributed by atoms with van der Waals surface area (Å²) in [6.45, 7) is 2.70. The zero-order valence-corrected chi connectivity index (χ0v) is 11.2. The third kappa shape index (κ3) is 3.04. The van der Waals surface area contributed by atoms with E-state index in [1.54, 1.807) is 6.07 Å². The first-order valence-corrected chi connectivity index (χ1v) is 6.55. The highest BCUT2D eigenvalue weighted by atomic mass is 79.9. The highest BCUT2D eigenvalue weighted by Crippen LogP contribution is 2.24. The van der Waals surface area contributed by atoms with Crippen molar-refractivity contribution in [2.75, 3.05) is 11.9 Å². The molecule has 92 valence electrons. The molecule has 0 radical (unpaired) electrons. The van der Waals surface area contributed by atoms with Crippen molar-refractivity contribution in [3.05, 3.63) is 22.8 Å². The van der Waals surface area contributed by atoms with Crippen molar-refractivity contribution in [3.8, 4) is 0 Å². The van der Waals surface area contributed by atoms with Crippen LogP contribution in [0.4, 0.5) is 5.82 Å². The van der Waals surface area contributed by atoms with Crippen LogP contribution in [0.15, 0.2) is 22.8 Å². The fraction of sp³-hybridized carbons (Fsp3) is 0.500. The molecule has 0 spiro atoms. The van der Waals surface area contributed by atoms with Gasteiger partial charge in [0, 0.05) is 6.61 Å². The van der Waals surface area contributed by atoms with Crippen LogP contribution in [-0.2, 0) is 9.53 Å². The predicted molar refractivity (Wildman–Crippen MR) is 68.7 cm³/mol. The molecular formula is C12H15BrN2O2. The second-order valence-electron chi connectivity index (χ2n) is 4.05. The molecule has 2 atom stereocenters. The van der Waals surface area contributed by atoms with Gasteiger partial charge in [-0.25, -0.2) is 4.98 Å². The maximum absolute atomic E-state index is 12.0. The van der Waals surface area contributed by atoms with Crippen molar-refractivity contribution in [2.45, 2.75) is 25.9 Å². The van der Waals surface area contributed by atoms with Crippen LogP contribution in [0.3, 0.4) is 0 Å². The van der Waals surface area contributed by atoms with E-state index in [0.717, 1.165) is 12.8 Å². The Kier molecular flexibility index (Phi) is 4.12. The van der Waals surface area contributed by atoms with E-state index < -0.39 is 0 Å². The molecule has 1 amide bonds. The number of hydrogen-bond acceptors (Lipinski definition) is 3. The van der Waals surface area contributed by atoms with Crippen LogP contribution in [0.25, 0.3) is 0 Å². The average Bonchev–Trinajstić information content (AvgIpc) is 2.77. The minimum absolute atomic E-state index is 0.0000463. The lowest BCUT2D eigenvalue weighted by Gasteiger charge is -2.16. The Hall–Kier alpha value is -0.940. The predicted octanol–water partition coefficient (Wildman–Crippen LogP) is 2.60. The molecule has 0 aliphatic carbocycles. The molecule has 1 aliphatic rings. The summed E-state index contributed by atoms with van der Waals surface area (Å²) in [5.74, 6) is 0.520. The number of rotatable bonds is 3. The molecule has 1 saturated heterocycles. The highest BCUT2D eigenvalue weighted by molar-refractivity contribution is 9.10. The summed E-state index contributed by atoms with van der Waals surface area (Å²) in [7, 11) is 0. The lowest BCUT2D eigenvalue weighted by atomic mass is 9.99. The number of amides is 1. The summed E-state index contributed by atoms with van der Waals surface area (Å²) in [5, 5.41) is 2.83. The quantitative estimate of drug-likeness (QED) is 0.873. The first-order valence-electron chi connectivity index (χ1n) is 5.75. The number of pyridine rings is 1. The topological polar surface area (TPSA) is 51.2 Å². The summed E-state index contributed by atoms with van der Waals surface area (Å²) in [6, 6.07) is 5.44. The van der Waals surface area contributed by atoms with Crippen LogP contribution in [0, 0.1) is 5.92 Å². The van der Waals surface area contributed by atoms with Gasteiger partial charge in [0.25, 0.3) is 0 Å². The number of anilines is 1. The molecule has 1 aromatic rings. The van der Waals surface area contributed by atoms with Crippen LogP contribution in [-0.4, -0.2) is 23.6 Å². The van der Waals surface area contributed by atoms with Gasteiger partial charge in [0.2, 0.25) is 5.91 Å². The Morgan fingerprint density at radius 2 is 2.47 bits per heavy atom. The van der Waals surface area contributed by atoms with E-state index in [1.165, 1.54) is 0 Å². The van der Waals surface area contributed by atoms with Gasteiger partial charge >= 0.3 is 0 Å². The second kappa shape index (κ2) is 5.60. The van der Waals surface area contributed by atoms with Gasteiger partial charge in [0.15, 0.2) is 0 Å². The van der Waals surface area contributed by atoms with Gasteiger partial charge in [-0.05, 0) is 40.9 Å². The van der Waals surface area contributed by atoms with Crippen molar-refractivity contribution in [1.82, 2.24) is 4.98 Å². The van der Waals surface area contributed by atoms with Gasteiger partial charge < -0.3 is 10.1 Å². The fourth-order valence-corrected chi connectivity index (χ4v) is 2.39. The van der Waals surface area contributed by atoms with E-state index in [-0.39, 0.29) is 17.9 Å². The summed E-state index contributed by atoms with van der Waals surface area (Å²) < 4.78 is 6.22. The Morgan fingerprint density at radius 1 is 1.65 bits per heavy atom. The molecule has 2 rings (SSSR count). The Bertz CT molecular complexity index is 411. The molecule has 17 heavy (non-hydrogen) atoms. The van der Waals surface area contributed by atoms with E-state index in [0.29, 0.717) is 17.0 Å². The van der Waals surface area contributed by atoms with Crippen LogP contribution in [0.5, 0.6) is 0 Å². The van der Waals surface area contributed by atoms with Crippen molar-refractivity contribution < 1.29 is 9.53 Å². The van der Waals surface area contributed by atoms with Gasteiger partial charge in [-0.3, -0.25) is 4.79 Å². The molecule has 0 saturated carbocycles. The van der Waals surface area contributed by atoms with Crippen molar-refractivity contribution in [1.29, 1.82) is 0 Å². The first kappa shape index (κ1) is 12.5.